The second-order valence-corrected chi connectivity index (χ2v) is 24.2. The zero-order valence-electron chi connectivity index (χ0n) is 56.8. The maximum absolute atomic E-state index is 5.81. The average Bonchev–Trinajstić information content (AvgIpc) is 1.44. The van der Waals surface area contributed by atoms with Gasteiger partial charge in [-0.2, -0.15) is 0 Å². The van der Waals surface area contributed by atoms with Gasteiger partial charge in [0.1, 0.15) is 46.0 Å². The molecule has 494 valence electrons. The first kappa shape index (κ1) is 63.3. The molecule has 13 heteroatoms. The number of rotatable bonds is 21. The summed E-state index contributed by atoms with van der Waals surface area (Å²) in [6, 6.07) is 105. The summed E-state index contributed by atoms with van der Waals surface area (Å²) in [5, 5.41) is 0. The predicted octanol–water partition coefficient (Wildman–Crippen LogP) is 21.8. The molecule has 1 heterocycles. The van der Waals surface area contributed by atoms with E-state index in [1.807, 2.05) is 97.1 Å². The van der Waals surface area contributed by atoms with Crippen molar-refractivity contribution in [3.8, 4) is 57.1 Å². The molecular weight excluding hydrogens is 1240 g/mol. The summed E-state index contributed by atoms with van der Waals surface area (Å²) < 4.78 is 46.4. The molecule has 1 aliphatic carbocycles. The monoisotopic (exact) mass is 1320 g/mol. The number of anilines is 15. The van der Waals surface area contributed by atoms with Crippen LogP contribution in [0.2, 0.25) is 0 Å². The van der Waals surface area contributed by atoms with Crippen LogP contribution in [0.3, 0.4) is 0 Å². The highest BCUT2D eigenvalue weighted by molar-refractivity contribution is 6.00. The van der Waals surface area contributed by atoms with Crippen LogP contribution in [0.1, 0.15) is 22.3 Å². The van der Waals surface area contributed by atoms with E-state index in [2.05, 4.69) is 225 Å². The van der Waals surface area contributed by atoms with Gasteiger partial charge in [0.25, 0.3) is 0 Å². The third-order valence-electron chi connectivity index (χ3n) is 19.0. The zero-order chi connectivity index (χ0) is 68.4. The molecule has 13 aromatic rings. The number of para-hydroxylation sites is 1. The van der Waals surface area contributed by atoms with E-state index < -0.39 is 5.41 Å². The Morgan fingerprint density at radius 2 is 0.410 bits per heavy atom. The van der Waals surface area contributed by atoms with Gasteiger partial charge in [-0.3, -0.25) is 0 Å². The normalized spacial score (nSPS) is 12.1. The van der Waals surface area contributed by atoms with Gasteiger partial charge >= 0.3 is 0 Å². The summed E-state index contributed by atoms with van der Waals surface area (Å²) in [5.41, 5.74) is 19.2. The van der Waals surface area contributed by atoms with Crippen molar-refractivity contribution >= 4 is 85.3 Å². The lowest BCUT2D eigenvalue weighted by molar-refractivity contribution is 0.414. The lowest BCUT2D eigenvalue weighted by Crippen LogP contribution is -2.37. The van der Waals surface area contributed by atoms with Crippen molar-refractivity contribution in [3.63, 3.8) is 0 Å². The Hall–Kier alpha value is -12.7. The SMILES string of the molecule is COc1ccc(N(c2ccc(OC)cc2)c2ccc3c(c2)C2(c4cc(N(c5ccc(OC)cc5)c5ccc(OC)cc5)ccc4-3)c3cc(N(c4ccc(OC)cc4)c4ccc(OC)cc4)ccc3N(c3ccccc3)c3ccc(N(c4ccc(OC)cc4)c4ccc(OC)cc4)cc32)cc1. The maximum atomic E-state index is 5.81. The lowest BCUT2D eigenvalue weighted by Gasteiger charge is -2.46. The average molecular weight is 1320 g/mol. The predicted molar refractivity (Wildman–Crippen MR) is 403 cm³/mol. The number of nitrogens with zero attached hydrogens (tertiary/aromatic N) is 5. The zero-order valence-corrected chi connectivity index (χ0v) is 56.8. The second kappa shape index (κ2) is 27.0. The molecule has 13 nitrogen and oxygen atoms in total. The van der Waals surface area contributed by atoms with Crippen LogP contribution >= 0.6 is 0 Å². The molecule has 0 unspecified atom stereocenters. The Morgan fingerprint density at radius 1 is 0.210 bits per heavy atom. The first-order valence-electron chi connectivity index (χ1n) is 32.9. The molecule has 0 fully saturated rings. The van der Waals surface area contributed by atoms with Crippen molar-refractivity contribution in [3.05, 3.63) is 320 Å². The van der Waals surface area contributed by atoms with E-state index in [0.717, 1.165) is 165 Å². The summed E-state index contributed by atoms with van der Waals surface area (Å²) in [7, 11) is 13.6. The molecule has 0 saturated heterocycles. The molecule has 2 aliphatic rings. The van der Waals surface area contributed by atoms with Crippen LogP contribution in [-0.4, -0.2) is 56.9 Å². The third kappa shape index (κ3) is 11.3. The maximum Gasteiger partial charge on any atom is 0.119 e. The van der Waals surface area contributed by atoms with Crippen LogP contribution in [0.5, 0.6) is 46.0 Å². The number of methoxy groups -OCH3 is 8. The van der Waals surface area contributed by atoms with Gasteiger partial charge in [0.15, 0.2) is 0 Å². The van der Waals surface area contributed by atoms with Gasteiger partial charge in [0.05, 0.1) is 73.7 Å². The van der Waals surface area contributed by atoms with E-state index in [1.54, 1.807) is 56.9 Å². The van der Waals surface area contributed by atoms with Crippen molar-refractivity contribution in [2.45, 2.75) is 5.41 Å². The van der Waals surface area contributed by atoms with E-state index in [-0.39, 0.29) is 0 Å². The molecule has 13 aromatic carbocycles. The van der Waals surface area contributed by atoms with Gasteiger partial charge in [0, 0.05) is 73.9 Å². The van der Waals surface area contributed by atoms with Gasteiger partial charge in [-0.1, -0.05) is 30.3 Å². The number of hydrogen-bond acceptors (Lipinski definition) is 13. The molecule has 100 heavy (non-hydrogen) atoms. The topological polar surface area (TPSA) is 90.0 Å². The quantitative estimate of drug-likeness (QED) is 0.0685. The van der Waals surface area contributed by atoms with Crippen LogP contribution in [-0.2, 0) is 5.41 Å². The van der Waals surface area contributed by atoms with Crippen LogP contribution in [0, 0.1) is 0 Å². The van der Waals surface area contributed by atoms with E-state index in [4.69, 9.17) is 37.9 Å². The second-order valence-electron chi connectivity index (χ2n) is 24.2. The van der Waals surface area contributed by atoms with Crippen molar-refractivity contribution in [1.82, 2.24) is 0 Å². The van der Waals surface area contributed by atoms with Gasteiger partial charge in [-0.15, -0.1) is 0 Å². The number of fused-ring (bicyclic) bond motifs is 9. The number of benzene rings is 13. The molecule has 0 radical (unpaired) electrons. The fraction of sp³-hybridized carbons (Fsp3) is 0.103. The van der Waals surface area contributed by atoms with Crippen LogP contribution in [0.25, 0.3) is 11.1 Å². The lowest BCUT2D eigenvalue weighted by atomic mass is 9.64. The third-order valence-corrected chi connectivity index (χ3v) is 19.0. The van der Waals surface area contributed by atoms with Crippen molar-refractivity contribution in [2.24, 2.45) is 0 Å². The molecule has 0 N–H and O–H groups in total. The van der Waals surface area contributed by atoms with E-state index in [0.29, 0.717) is 0 Å². The molecule has 1 spiro atoms. The van der Waals surface area contributed by atoms with Crippen molar-refractivity contribution in [2.75, 3.05) is 81.4 Å². The number of ether oxygens (including phenoxy) is 8. The van der Waals surface area contributed by atoms with Gasteiger partial charge in [-0.05, 0) is 300 Å². The smallest absolute Gasteiger partial charge is 0.119 e. The Balaban J connectivity index is 1.10. The van der Waals surface area contributed by atoms with Gasteiger partial charge in [-0.25, -0.2) is 0 Å². The summed E-state index contributed by atoms with van der Waals surface area (Å²) >= 11 is 0. The first-order valence-corrected chi connectivity index (χ1v) is 32.9. The molecule has 0 atom stereocenters. The van der Waals surface area contributed by atoms with E-state index in [1.165, 1.54) is 0 Å². The van der Waals surface area contributed by atoms with Gasteiger partial charge < -0.3 is 62.4 Å². The fourth-order valence-corrected chi connectivity index (χ4v) is 14.2. The van der Waals surface area contributed by atoms with Gasteiger partial charge in [0.2, 0.25) is 0 Å². The summed E-state index contributed by atoms with van der Waals surface area (Å²) in [6.07, 6.45) is 0. The molecule has 1 aliphatic heterocycles. The Kier molecular flexibility index (Phi) is 17.1. The molecule has 15 rings (SSSR count). The van der Waals surface area contributed by atoms with Crippen LogP contribution in [0.15, 0.2) is 297 Å². The minimum Gasteiger partial charge on any atom is -0.497 e. The standard InChI is InChI=1S/C87H73N5O8/c1-93-71-34-14-59(15-35-71)88(60-16-36-72(94-2)37-17-60)67-30-50-79-80-51-31-68(89(61-18-38-73(95-3)39-19-61)62-20-40-74(96-4)41-21-62)55-82(80)87(81(79)54-67)83-56-69(90(63-22-42-75(97-5)43-23-63)64-24-44-76(98-6)45-25-64)32-52-85(83)92(58-12-10-9-11-13-58)86-53-33-70(57-84(86)87)91(65-26-46-77(99-7)47-27-65)66-28-48-78(100-8)49-29-66/h9-57H,1-8H3. The first-order chi connectivity index (χ1) is 49.2. The summed E-state index contributed by atoms with van der Waals surface area (Å²) in [5.74, 6) is 5.97. The largest absolute Gasteiger partial charge is 0.497 e. The van der Waals surface area contributed by atoms with E-state index >= 15 is 0 Å². The number of hydrogen-bond donors (Lipinski definition) is 0. The van der Waals surface area contributed by atoms with Crippen LogP contribution < -0.4 is 62.4 Å². The molecule has 0 bridgehead atoms. The molecule has 0 amide bonds. The molecule has 0 saturated carbocycles. The fourth-order valence-electron chi connectivity index (χ4n) is 14.2. The Labute approximate surface area is 583 Å². The van der Waals surface area contributed by atoms with Crippen LogP contribution in [0.4, 0.5) is 85.3 Å². The minimum atomic E-state index is -1.16. The highest BCUT2D eigenvalue weighted by atomic mass is 16.5. The van der Waals surface area contributed by atoms with Crippen molar-refractivity contribution < 1.29 is 37.9 Å². The minimum absolute atomic E-state index is 0.745. The van der Waals surface area contributed by atoms with E-state index in [9.17, 15) is 0 Å². The summed E-state index contributed by atoms with van der Waals surface area (Å²) in [4.78, 5) is 11.7. The molecule has 0 aromatic heterocycles. The highest BCUT2D eigenvalue weighted by Crippen LogP contribution is 2.66. The highest BCUT2D eigenvalue weighted by Gasteiger charge is 2.53. The Morgan fingerprint density at radius 3 is 0.630 bits per heavy atom. The Bertz CT molecular complexity index is 4550. The van der Waals surface area contributed by atoms with Crippen molar-refractivity contribution in [1.29, 1.82) is 0 Å². The summed E-state index contributed by atoms with van der Waals surface area (Å²) in [6.45, 7) is 0. The molecular formula is C87H73N5O8.